The molecule has 4 aromatic carbocycles. The third-order valence-electron chi connectivity index (χ3n) is 7.59. The van der Waals surface area contributed by atoms with Crippen LogP contribution in [0.5, 0.6) is 17.2 Å². The Morgan fingerprint density at radius 3 is 1.50 bits per heavy atom. The molecule has 5 heteroatoms. The van der Waals surface area contributed by atoms with E-state index in [-0.39, 0.29) is 0 Å². The summed E-state index contributed by atoms with van der Waals surface area (Å²) in [7, 11) is 5.08. The SMILES string of the molecule is COc1ccc(C23OCCN2C(c2ccc(OC)cc2)(c2ccc(OC)cc2)c2ccccc23)cc1. The fourth-order valence-electron chi connectivity index (χ4n) is 6.05. The number of hydrogen-bond acceptors (Lipinski definition) is 5. The van der Waals surface area contributed by atoms with Crippen LogP contribution in [0, 0.1) is 0 Å². The third kappa shape index (κ3) is 3.03. The molecule has 5 nitrogen and oxygen atoms in total. The van der Waals surface area contributed by atoms with Gasteiger partial charge in [0.2, 0.25) is 0 Å². The van der Waals surface area contributed by atoms with Crippen LogP contribution >= 0.6 is 0 Å². The summed E-state index contributed by atoms with van der Waals surface area (Å²) in [6.07, 6.45) is 0. The average molecular weight is 480 g/mol. The molecule has 0 radical (unpaired) electrons. The molecule has 1 unspecified atom stereocenters. The molecule has 182 valence electrons. The van der Waals surface area contributed by atoms with E-state index >= 15 is 0 Å². The van der Waals surface area contributed by atoms with Crippen molar-refractivity contribution in [1.29, 1.82) is 0 Å². The highest BCUT2D eigenvalue weighted by Crippen LogP contribution is 2.60. The molecule has 1 atom stereocenters. The van der Waals surface area contributed by atoms with E-state index in [0.717, 1.165) is 46.0 Å². The zero-order chi connectivity index (χ0) is 24.8. The zero-order valence-corrected chi connectivity index (χ0v) is 20.7. The van der Waals surface area contributed by atoms with E-state index in [9.17, 15) is 0 Å². The minimum atomic E-state index is -0.733. The Balaban J connectivity index is 1.67. The van der Waals surface area contributed by atoms with Gasteiger partial charge in [0.1, 0.15) is 22.8 Å². The Bertz CT molecular complexity index is 1320. The van der Waals surface area contributed by atoms with Gasteiger partial charge in [-0.1, -0.05) is 60.7 Å². The summed E-state index contributed by atoms with van der Waals surface area (Å²) >= 11 is 0. The van der Waals surface area contributed by atoms with E-state index < -0.39 is 11.3 Å². The van der Waals surface area contributed by atoms with Crippen molar-refractivity contribution in [3.05, 3.63) is 125 Å². The van der Waals surface area contributed by atoms with E-state index in [0.29, 0.717) is 6.61 Å². The smallest absolute Gasteiger partial charge is 0.175 e. The number of nitrogens with zero attached hydrogens (tertiary/aromatic N) is 1. The molecule has 0 amide bonds. The number of ether oxygens (including phenoxy) is 4. The highest BCUT2D eigenvalue weighted by Gasteiger charge is 2.63. The molecule has 2 aliphatic heterocycles. The van der Waals surface area contributed by atoms with Gasteiger partial charge in [-0.2, -0.15) is 0 Å². The maximum Gasteiger partial charge on any atom is 0.175 e. The van der Waals surface area contributed by atoms with E-state index in [1.54, 1.807) is 21.3 Å². The van der Waals surface area contributed by atoms with Crippen LogP contribution in [0.25, 0.3) is 0 Å². The Kier molecular flexibility index (Phi) is 5.47. The van der Waals surface area contributed by atoms with Gasteiger partial charge in [0.25, 0.3) is 0 Å². The van der Waals surface area contributed by atoms with Crippen LogP contribution in [0.2, 0.25) is 0 Å². The van der Waals surface area contributed by atoms with Gasteiger partial charge >= 0.3 is 0 Å². The molecule has 1 fully saturated rings. The molecule has 2 aliphatic rings. The summed E-state index contributed by atoms with van der Waals surface area (Å²) in [5.74, 6) is 2.48. The molecule has 0 saturated carbocycles. The standard InChI is InChI=1S/C31H29NO4/c1-33-25-14-8-22(9-15-25)30(23-10-16-26(34-2)17-11-23)28-6-4-5-7-29(28)31(32(30)20-21-36-31)24-12-18-27(35-3)19-13-24/h4-19H,20-21H2,1-3H3. The molecule has 36 heavy (non-hydrogen) atoms. The summed E-state index contributed by atoms with van der Waals surface area (Å²) in [5, 5.41) is 0. The highest BCUT2D eigenvalue weighted by molar-refractivity contribution is 5.62. The number of hydrogen-bond donors (Lipinski definition) is 0. The number of fused-ring (bicyclic) bond motifs is 3. The first-order valence-corrected chi connectivity index (χ1v) is 12.1. The minimum Gasteiger partial charge on any atom is -0.497 e. The van der Waals surface area contributed by atoms with Crippen molar-refractivity contribution in [3.8, 4) is 17.2 Å². The van der Waals surface area contributed by atoms with Gasteiger partial charge in [-0.15, -0.1) is 0 Å². The van der Waals surface area contributed by atoms with Crippen molar-refractivity contribution in [2.45, 2.75) is 11.3 Å². The number of benzene rings is 4. The Hall–Kier alpha value is -3.80. The lowest BCUT2D eigenvalue weighted by molar-refractivity contribution is -0.0633. The first-order valence-electron chi connectivity index (χ1n) is 12.1. The fourth-order valence-corrected chi connectivity index (χ4v) is 6.05. The highest BCUT2D eigenvalue weighted by atomic mass is 16.5. The van der Waals surface area contributed by atoms with Gasteiger partial charge in [-0.05, 0) is 53.1 Å². The number of rotatable bonds is 6. The van der Waals surface area contributed by atoms with E-state index in [4.69, 9.17) is 18.9 Å². The molecule has 0 aromatic heterocycles. The van der Waals surface area contributed by atoms with Crippen molar-refractivity contribution in [1.82, 2.24) is 4.90 Å². The van der Waals surface area contributed by atoms with Gasteiger partial charge in [-0.3, -0.25) is 0 Å². The monoisotopic (exact) mass is 479 g/mol. The first-order chi connectivity index (χ1) is 17.7. The molecular weight excluding hydrogens is 450 g/mol. The second-order valence-electron chi connectivity index (χ2n) is 9.09. The molecule has 2 heterocycles. The second-order valence-corrected chi connectivity index (χ2v) is 9.09. The summed E-state index contributed by atoms with van der Waals surface area (Å²) in [6.45, 7) is 1.38. The van der Waals surface area contributed by atoms with Crippen LogP contribution in [0.1, 0.15) is 27.8 Å². The van der Waals surface area contributed by atoms with Gasteiger partial charge in [0.05, 0.1) is 27.9 Å². The van der Waals surface area contributed by atoms with Crippen LogP contribution in [-0.2, 0) is 16.0 Å². The van der Waals surface area contributed by atoms with Crippen molar-refractivity contribution in [3.63, 3.8) is 0 Å². The predicted octanol–water partition coefficient (Wildman–Crippen LogP) is 5.55. The van der Waals surface area contributed by atoms with E-state index in [2.05, 4.69) is 65.6 Å². The van der Waals surface area contributed by atoms with Crippen molar-refractivity contribution in [2.24, 2.45) is 0 Å². The molecular formula is C31H29NO4. The quantitative estimate of drug-likeness (QED) is 0.363. The molecule has 0 N–H and O–H groups in total. The summed E-state index contributed by atoms with van der Waals surface area (Å²) in [6, 6.07) is 33.7. The van der Waals surface area contributed by atoms with Crippen LogP contribution in [0.4, 0.5) is 0 Å². The summed E-state index contributed by atoms with van der Waals surface area (Å²) in [5.41, 5.74) is 4.43. The van der Waals surface area contributed by atoms with Crippen LogP contribution in [0.3, 0.4) is 0 Å². The average Bonchev–Trinajstić information content (AvgIpc) is 3.50. The van der Waals surface area contributed by atoms with Crippen LogP contribution in [0.15, 0.2) is 97.1 Å². The molecule has 1 saturated heterocycles. The summed E-state index contributed by atoms with van der Waals surface area (Å²) in [4.78, 5) is 2.51. The largest absolute Gasteiger partial charge is 0.497 e. The van der Waals surface area contributed by atoms with Gasteiger partial charge in [-0.25, -0.2) is 4.90 Å². The van der Waals surface area contributed by atoms with Gasteiger partial charge in [0, 0.05) is 17.7 Å². The molecule has 4 aromatic rings. The Labute approximate surface area is 211 Å². The number of methoxy groups -OCH3 is 3. The third-order valence-corrected chi connectivity index (χ3v) is 7.59. The van der Waals surface area contributed by atoms with Gasteiger partial charge < -0.3 is 18.9 Å². The van der Waals surface area contributed by atoms with E-state index in [1.165, 1.54) is 5.56 Å². The lowest BCUT2D eigenvalue weighted by atomic mass is 9.77. The molecule has 0 aliphatic carbocycles. The lowest BCUT2D eigenvalue weighted by Crippen LogP contribution is -2.50. The molecule has 0 spiro atoms. The fraction of sp³-hybridized carbons (Fsp3) is 0.226. The first kappa shape index (κ1) is 22.7. The second kappa shape index (κ2) is 8.70. The van der Waals surface area contributed by atoms with Crippen molar-refractivity contribution < 1.29 is 18.9 Å². The van der Waals surface area contributed by atoms with Crippen molar-refractivity contribution in [2.75, 3.05) is 34.5 Å². The van der Waals surface area contributed by atoms with E-state index in [1.807, 2.05) is 36.4 Å². The topological polar surface area (TPSA) is 40.2 Å². The van der Waals surface area contributed by atoms with Crippen LogP contribution < -0.4 is 14.2 Å². The Morgan fingerprint density at radius 2 is 1.03 bits per heavy atom. The zero-order valence-electron chi connectivity index (χ0n) is 20.7. The normalized spacial score (nSPS) is 20.0. The predicted molar refractivity (Wildman–Crippen MR) is 139 cm³/mol. The van der Waals surface area contributed by atoms with Gasteiger partial charge in [0.15, 0.2) is 5.72 Å². The minimum absolute atomic E-state index is 0.578. The molecule has 6 rings (SSSR count). The maximum atomic E-state index is 6.77. The van der Waals surface area contributed by atoms with Crippen LogP contribution in [-0.4, -0.2) is 39.4 Å². The summed E-state index contributed by atoms with van der Waals surface area (Å²) < 4.78 is 23.2. The molecule has 0 bridgehead atoms. The van der Waals surface area contributed by atoms with Crippen molar-refractivity contribution >= 4 is 0 Å². The lowest BCUT2D eigenvalue weighted by Gasteiger charge is -2.43. The Morgan fingerprint density at radius 1 is 0.583 bits per heavy atom. The maximum absolute atomic E-state index is 6.77.